The van der Waals surface area contributed by atoms with Gasteiger partial charge in [-0.15, -0.1) is 0 Å². The van der Waals surface area contributed by atoms with Crippen molar-refractivity contribution in [3.05, 3.63) is 78.2 Å². The summed E-state index contributed by atoms with van der Waals surface area (Å²) in [4.78, 5) is 28.0. The molecule has 0 aromatic heterocycles. The van der Waals surface area contributed by atoms with Crippen LogP contribution in [0.5, 0.6) is 0 Å². The topological polar surface area (TPSA) is 63.4 Å². The first-order valence-electron chi connectivity index (χ1n) is 11.5. The number of carbonyl (C=O) groups excluding carboxylic acids is 2. The Morgan fingerprint density at radius 2 is 1.61 bits per heavy atom. The van der Waals surface area contributed by atoms with Crippen molar-refractivity contribution < 1.29 is 9.59 Å². The van der Waals surface area contributed by atoms with E-state index >= 15 is 0 Å². The van der Waals surface area contributed by atoms with Crippen LogP contribution in [0.3, 0.4) is 0 Å². The number of benzene rings is 2. The molecule has 4 saturated carbocycles. The maximum atomic E-state index is 13.5. The van der Waals surface area contributed by atoms with Gasteiger partial charge in [0.2, 0.25) is 11.8 Å². The first-order chi connectivity index (χ1) is 15.0. The van der Waals surface area contributed by atoms with Gasteiger partial charge in [-0.25, -0.2) is 0 Å². The summed E-state index contributed by atoms with van der Waals surface area (Å²) in [5, 5.41) is 0. The van der Waals surface area contributed by atoms with Gasteiger partial charge in [0.1, 0.15) is 0 Å². The highest BCUT2D eigenvalue weighted by Gasteiger charge is 2.60. The SMILES string of the molecule is NC(=O)C12[CH]C3CC(CC(CN(Cc4ccccc4)C(=O)Cc4ccccc4)(C3)C1)C2. The van der Waals surface area contributed by atoms with E-state index < -0.39 is 5.41 Å². The summed E-state index contributed by atoms with van der Waals surface area (Å²) in [6, 6.07) is 20.2. The van der Waals surface area contributed by atoms with E-state index in [1.165, 1.54) is 6.42 Å². The highest BCUT2D eigenvalue weighted by molar-refractivity contribution is 5.83. The fourth-order valence-corrected chi connectivity index (χ4v) is 6.89. The second-order valence-corrected chi connectivity index (χ2v) is 10.2. The Morgan fingerprint density at radius 1 is 0.935 bits per heavy atom. The van der Waals surface area contributed by atoms with Crippen LogP contribution in [0.1, 0.15) is 43.2 Å². The molecule has 2 aromatic rings. The van der Waals surface area contributed by atoms with E-state index in [1.807, 2.05) is 53.4 Å². The lowest BCUT2D eigenvalue weighted by atomic mass is 9.44. The molecule has 0 heterocycles. The summed E-state index contributed by atoms with van der Waals surface area (Å²) in [5.74, 6) is 0.989. The predicted octanol–water partition coefficient (Wildman–Crippen LogP) is 4.14. The smallest absolute Gasteiger partial charge is 0.227 e. The van der Waals surface area contributed by atoms with E-state index in [2.05, 4.69) is 18.6 Å². The van der Waals surface area contributed by atoms with Crippen LogP contribution >= 0.6 is 0 Å². The zero-order chi connectivity index (χ0) is 21.5. The molecule has 4 unspecified atom stereocenters. The number of rotatable bonds is 7. The minimum atomic E-state index is -0.467. The normalized spacial score (nSPS) is 30.8. The molecular formula is C27H31N2O2. The van der Waals surface area contributed by atoms with Crippen LogP contribution in [0.25, 0.3) is 0 Å². The zero-order valence-electron chi connectivity index (χ0n) is 18.0. The maximum Gasteiger partial charge on any atom is 0.227 e. The van der Waals surface area contributed by atoms with Gasteiger partial charge in [-0.05, 0) is 66.9 Å². The molecule has 4 nitrogen and oxygen atoms in total. The third-order valence-corrected chi connectivity index (χ3v) is 7.74. The number of primary amides is 1. The van der Waals surface area contributed by atoms with Crippen LogP contribution in [0.2, 0.25) is 0 Å². The van der Waals surface area contributed by atoms with Gasteiger partial charge in [-0.2, -0.15) is 0 Å². The van der Waals surface area contributed by atoms with Crippen molar-refractivity contribution in [1.29, 1.82) is 0 Å². The molecule has 0 spiro atoms. The van der Waals surface area contributed by atoms with Gasteiger partial charge in [-0.1, -0.05) is 60.7 Å². The summed E-state index contributed by atoms with van der Waals surface area (Å²) in [6.07, 6.45) is 7.72. The Bertz CT molecular complexity index is 942. The van der Waals surface area contributed by atoms with Gasteiger partial charge < -0.3 is 10.6 Å². The van der Waals surface area contributed by atoms with Crippen molar-refractivity contribution >= 4 is 11.8 Å². The van der Waals surface area contributed by atoms with E-state index in [9.17, 15) is 9.59 Å². The molecule has 2 amide bonds. The van der Waals surface area contributed by atoms with E-state index in [1.54, 1.807) is 0 Å². The van der Waals surface area contributed by atoms with Crippen molar-refractivity contribution in [3.8, 4) is 0 Å². The Hall–Kier alpha value is -2.62. The molecule has 4 aliphatic rings. The highest BCUT2D eigenvalue weighted by atomic mass is 16.2. The van der Waals surface area contributed by atoms with Crippen LogP contribution in [0.4, 0.5) is 0 Å². The monoisotopic (exact) mass is 415 g/mol. The van der Waals surface area contributed by atoms with Crippen molar-refractivity contribution in [1.82, 2.24) is 4.90 Å². The lowest BCUT2D eigenvalue weighted by Gasteiger charge is -2.61. The zero-order valence-corrected chi connectivity index (χ0v) is 18.0. The Morgan fingerprint density at radius 3 is 2.26 bits per heavy atom. The van der Waals surface area contributed by atoms with Crippen LogP contribution in [0, 0.1) is 29.1 Å². The molecule has 4 atom stereocenters. The predicted molar refractivity (Wildman–Crippen MR) is 120 cm³/mol. The third kappa shape index (κ3) is 4.00. The van der Waals surface area contributed by atoms with Gasteiger partial charge in [0.25, 0.3) is 0 Å². The van der Waals surface area contributed by atoms with Gasteiger partial charge in [-0.3, -0.25) is 9.59 Å². The molecular weight excluding hydrogens is 384 g/mol. The number of nitrogens with two attached hydrogens (primary N) is 1. The molecule has 4 aliphatic carbocycles. The Kier molecular flexibility index (Phi) is 5.11. The fraction of sp³-hybridized carbons (Fsp3) is 0.444. The van der Waals surface area contributed by atoms with Crippen molar-refractivity contribution in [2.45, 2.75) is 45.1 Å². The molecule has 2 N–H and O–H groups in total. The highest BCUT2D eigenvalue weighted by Crippen LogP contribution is 2.64. The lowest BCUT2D eigenvalue weighted by Crippen LogP contribution is -2.60. The van der Waals surface area contributed by atoms with E-state index in [4.69, 9.17) is 5.73 Å². The molecule has 4 bridgehead atoms. The van der Waals surface area contributed by atoms with Gasteiger partial charge in [0, 0.05) is 13.1 Å². The molecule has 1 radical (unpaired) electrons. The summed E-state index contributed by atoms with van der Waals surface area (Å²) in [7, 11) is 0. The maximum absolute atomic E-state index is 13.5. The number of nitrogens with zero attached hydrogens (tertiary/aromatic N) is 1. The number of hydrogen-bond donors (Lipinski definition) is 1. The van der Waals surface area contributed by atoms with Crippen LogP contribution < -0.4 is 5.73 Å². The number of hydrogen-bond acceptors (Lipinski definition) is 2. The third-order valence-electron chi connectivity index (χ3n) is 7.74. The number of carbonyl (C=O) groups is 2. The fourth-order valence-electron chi connectivity index (χ4n) is 6.89. The van der Waals surface area contributed by atoms with E-state index in [-0.39, 0.29) is 17.2 Å². The minimum Gasteiger partial charge on any atom is -0.369 e. The lowest BCUT2D eigenvalue weighted by molar-refractivity contribution is -0.148. The van der Waals surface area contributed by atoms with Crippen molar-refractivity contribution in [2.75, 3.05) is 6.54 Å². The Balaban J connectivity index is 1.41. The molecule has 6 rings (SSSR count). The van der Waals surface area contributed by atoms with Crippen LogP contribution in [0.15, 0.2) is 60.7 Å². The van der Waals surface area contributed by atoms with Crippen LogP contribution in [-0.2, 0) is 22.6 Å². The quantitative estimate of drug-likeness (QED) is 0.739. The summed E-state index contributed by atoms with van der Waals surface area (Å²) >= 11 is 0. The molecule has 4 fully saturated rings. The van der Waals surface area contributed by atoms with Gasteiger partial charge in [0.05, 0.1) is 11.8 Å². The molecule has 2 aromatic carbocycles. The molecule has 31 heavy (non-hydrogen) atoms. The minimum absolute atomic E-state index is 0.00323. The Labute approximate surface area is 184 Å². The second-order valence-electron chi connectivity index (χ2n) is 10.2. The second kappa shape index (κ2) is 7.81. The first kappa shape index (κ1) is 20.3. The first-order valence-corrected chi connectivity index (χ1v) is 11.5. The average molecular weight is 416 g/mol. The van der Waals surface area contributed by atoms with Gasteiger partial charge >= 0.3 is 0 Å². The molecule has 0 aliphatic heterocycles. The molecule has 0 saturated heterocycles. The summed E-state index contributed by atoms with van der Waals surface area (Å²) in [5.41, 5.74) is 7.63. The summed E-state index contributed by atoms with van der Waals surface area (Å²) < 4.78 is 0. The summed E-state index contributed by atoms with van der Waals surface area (Å²) in [6.45, 7) is 1.32. The van der Waals surface area contributed by atoms with E-state index in [0.29, 0.717) is 31.3 Å². The number of amides is 2. The van der Waals surface area contributed by atoms with Crippen molar-refractivity contribution in [3.63, 3.8) is 0 Å². The van der Waals surface area contributed by atoms with Gasteiger partial charge in [0.15, 0.2) is 0 Å². The van der Waals surface area contributed by atoms with Crippen molar-refractivity contribution in [2.24, 2.45) is 28.4 Å². The van der Waals surface area contributed by atoms with E-state index in [0.717, 1.165) is 36.8 Å². The standard InChI is InChI=1S/C27H31N2O2/c28-25(31)27-15-22-11-23(16-27)14-26(13-22,18-27)19-29(17-21-9-5-2-6-10-21)24(30)12-20-7-3-1-4-8-20/h1-10,15,22-23H,11-14,16-19H2,(H2,28,31). The molecule has 4 heteroatoms. The van der Waals surface area contributed by atoms with Crippen LogP contribution in [-0.4, -0.2) is 23.3 Å². The molecule has 161 valence electrons. The largest absolute Gasteiger partial charge is 0.369 e. The average Bonchev–Trinajstić information content (AvgIpc) is 2.73.